The van der Waals surface area contributed by atoms with Crippen molar-refractivity contribution in [1.82, 2.24) is 5.32 Å². The highest BCUT2D eigenvalue weighted by molar-refractivity contribution is 4.91. The largest absolute Gasteiger partial charge is 0.325 e. The molecule has 0 bridgehead atoms. The summed E-state index contributed by atoms with van der Waals surface area (Å²) in [6, 6.07) is 0. The maximum absolute atomic E-state index is 5.93. The minimum Gasteiger partial charge on any atom is -0.325 e. The van der Waals surface area contributed by atoms with Gasteiger partial charge in [0.05, 0.1) is 0 Å². The zero-order valence-electron chi connectivity index (χ0n) is 8.78. The van der Waals surface area contributed by atoms with Gasteiger partial charge in [0, 0.05) is 12.1 Å². The zero-order chi connectivity index (χ0) is 9.78. The first kappa shape index (κ1) is 11.7. The topological polar surface area (TPSA) is 38.0 Å². The van der Waals surface area contributed by atoms with Gasteiger partial charge in [-0.1, -0.05) is 19.1 Å². The molecule has 72 valence electrons. The normalized spacial score (nSPS) is 14.4. The van der Waals surface area contributed by atoms with E-state index in [0.717, 1.165) is 18.7 Å². The molecule has 0 aromatic rings. The molecule has 1 atom stereocenters. The first-order valence-electron chi connectivity index (χ1n) is 4.48. The second kappa shape index (κ2) is 4.63. The minimum absolute atomic E-state index is 0.0952. The van der Waals surface area contributed by atoms with E-state index in [4.69, 9.17) is 5.73 Å². The molecule has 12 heavy (non-hydrogen) atoms. The van der Waals surface area contributed by atoms with Crippen LogP contribution in [-0.4, -0.2) is 18.6 Å². The van der Waals surface area contributed by atoms with E-state index in [9.17, 15) is 0 Å². The van der Waals surface area contributed by atoms with Crippen LogP contribution < -0.4 is 11.1 Å². The Hall–Kier alpha value is -0.340. The van der Waals surface area contributed by atoms with Crippen LogP contribution in [0.2, 0.25) is 0 Å². The van der Waals surface area contributed by atoms with E-state index in [2.05, 4.69) is 32.7 Å². The Labute approximate surface area is 76.2 Å². The second-order valence-corrected chi connectivity index (χ2v) is 4.31. The predicted molar refractivity (Wildman–Crippen MR) is 55.1 cm³/mol. The van der Waals surface area contributed by atoms with E-state index >= 15 is 0 Å². The Kier molecular flexibility index (Phi) is 4.50. The van der Waals surface area contributed by atoms with Crippen LogP contribution in [0.5, 0.6) is 0 Å². The second-order valence-electron chi connectivity index (χ2n) is 4.31. The van der Waals surface area contributed by atoms with Gasteiger partial charge in [0.2, 0.25) is 0 Å². The quantitative estimate of drug-likeness (QED) is 0.614. The molecule has 0 radical (unpaired) electrons. The lowest BCUT2D eigenvalue weighted by Gasteiger charge is -2.27. The number of rotatable bonds is 5. The van der Waals surface area contributed by atoms with Crippen molar-refractivity contribution in [2.45, 2.75) is 33.2 Å². The fraction of sp³-hybridized carbons (Fsp3) is 0.800. The summed E-state index contributed by atoms with van der Waals surface area (Å²) in [5.41, 5.74) is 7.00. The molecule has 0 aromatic carbocycles. The lowest BCUT2D eigenvalue weighted by atomic mass is 9.90. The van der Waals surface area contributed by atoms with E-state index in [0.29, 0.717) is 5.92 Å². The highest BCUT2D eigenvalue weighted by Gasteiger charge is 2.19. The van der Waals surface area contributed by atoms with Gasteiger partial charge in [-0.15, -0.1) is 0 Å². The summed E-state index contributed by atoms with van der Waals surface area (Å²) in [5.74, 6) is 0.483. The Balaban J connectivity index is 3.58. The van der Waals surface area contributed by atoms with Crippen LogP contribution in [0.3, 0.4) is 0 Å². The van der Waals surface area contributed by atoms with Crippen molar-refractivity contribution in [2.24, 2.45) is 11.7 Å². The average molecular weight is 170 g/mol. The van der Waals surface area contributed by atoms with Gasteiger partial charge >= 0.3 is 0 Å². The summed E-state index contributed by atoms with van der Waals surface area (Å²) >= 11 is 0. The van der Waals surface area contributed by atoms with Gasteiger partial charge in [-0.2, -0.15) is 0 Å². The van der Waals surface area contributed by atoms with E-state index in [1.165, 1.54) is 0 Å². The van der Waals surface area contributed by atoms with Crippen LogP contribution in [0.15, 0.2) is 12.2 Å². The molecule has 1 unspecified atom stereocenters. The number of hydrogen-bond acceptors (Lipinski definition) is 2. The predicted octanol–water partition coefficient (Wildman–Crippen LogP) is 1.53. The lowest BCUT2D eigenvalue weighted by Crippen LogP contribution is -2.44. The van der Waals surface area contributed by atoms with Gasteiger partial charge in [0.25, 0.3) is 0 Å². The van der Waals surface area contributed by atoms with E-state index in [-0.39, 0.29) is 5.54 Å². The molecular formula is C10H22N2. The third-order valence-corrected chi connectivity index (χ3v) is 2.15. The van der Waals surface area contributed by atoms with Crippen LogP contribution in [-0.2, 0) is 0 Å². The molecule has 0 rings (SSSR count). The van der Waals surface area contributed by atoms with Crippen LogP contribution in [0, 0.1) is 5.92 Å². The van der Waals surface area contributed by atoms with Crippen molar-refractivity contribution in [1.29, 1.82) is 0 Å². The molecule has 0 fully saturated rings. The molecule has 0 spiro atoms. The van der Waals surface area contributed by atoms with Gasteiger partial charge < -0.3 is 11.1 Å². The summed E-state index contributed by atoms with van der Waals surface area (Å²) in [5, 5.41) is 3.31. The number of hydrogen-bond donors (Lipinski definition) is 2. The van der Waals surface area contributed by atoms with Crippen LogP contribution in [0.4, 0.5) is 0 Å². The maximum Gasteiger partial charge on any atom is 0.0159 e. The van der Waals surface area contributed by atoms with Gasteiger partial charge in [0.1, 0.15) is 0 Å². The van der Waals surface area contributed by atoms with Gasteiger partial charge in [-0.25, -0.2) is 0 Å². The summed E-state index contributed by atoms with van der Waals surface area (Å²) in [4.78, 5) is 0. The Bertz CT molecular complexity index is 144. The van der Waals surface area contributed by atoms with E-state index < -0.39 is 0 Å². The lowest BCUT2D eigenvalue weighted by molar-refractivity contribution is 0.334. The Morgan fingerprint density at radius 1 is 1.58 bits per heavy atom. The van der Waals surface area contributed by atoms with Gasteiger partial charge in [-0.3, -0.25) is 0 Å². The van der Waals surface area contributed by atoms with Crippen molar-refractivity contribution >= 4 is 0 Å². The molecule has 0 amide bonds. The molecule has 0 aliphatic carbocycles. The molecule has 0 aromatic heterocycles. The fourth-order valence-electron chi connectivity index (χ4n) is 0.765. The highest BCUT2D eigenvalue weighted by Crippen LogP contribution is 2.10. The fourth-order valence-corrected chi connectivity index (χ4v) is 0.765. The van der Waals surface area contributed by atoms with E-state index in [1.54, 1.807) is 0 Å². The first-order chi connectivity index (χ1) is 5.34. The van der Waals surface area contributed by atoms with Crippen molar-refractivity contribution in [2.75, 3.05) is 13.1 Å². The molecule has 0 saturated heterocycles. The summed E-state index contributed by atoms with van der Waals surface area (Å²) < 4.78 is 0. The van der Waals surface area contributed by atoms with Crippen molar-refractivity contribution in [3.05, 3.63) is 12.2 Å². The summed E-state index contributed by atoms with van der Waals surface area (Å²) in [6.07, 6.45) is 0. The molecule has 0 aliphatic heterocycles. The van der Waals surface area contributed by atoms with Crippen LogP contribution >= 0.6 is 0 Å². The zero-order valence-corrected chi connectivity index (χ0v) is 8.78. The third-order valence-electron chi connectivity index (χ3n) is 2.15. The SMILES string of the molecule is C=C(C)CNCC(C)C(C)(C)N. The Morgan fingerprint density at radius 2 is 2.08 bits per heavy atom. The summed E-state index contributed by atoms with van der Waals surface area (Å²) in [6.45, 7) is 14.0. The van der Waals surface area contributed by atoms with Crippen molar-refractivity contribution < 1.29 is 0 Å². The van der Waals surface area contributed by atoms with Crippen molar-refractivity contribution in [3.63, 3.8) is 0 Å². The standard InChI is InChI=1S/C10H22N2/c1-8(2)6-12-7-9(3)10(4,5)11/h9,12H,1,6-7,11H2,2-5H3. The summed E-state index contributed by atoms with van der Waals surface area (Å²) in [7, 11) is 0. The molecule has 0 saturated carbocycles. The van der Waals surface area contributed by atoms with Crippen LogP contribution in [0.25, 0.3) is 0 Å². The highest BCUT2D eigenvalue weighted by atomic mass is 14.9. The molecular weight excluding hydrogens is 148 g/mol. The molecule has 0 heterocycles. The monoisotopic (exact) mass is 170 g/mol. The van der Waals surface area contributed by atoms with Crippen molar-refractivity contribution in [3.8, 4) is 0 Å². The third kappa shape index (κ3) is 5.33. The number of nitrogens with one attached hydrogen (secondary N) is 1. The molecule has 2 nitrogen and oxygen atoms in total. The molecule has 0 aliphatic rings. The van der Waals surface area contributed by atoms with E-state index in [1.807, 2.05) is 6.92 Å². The average Bonchev–Trinajstić information content (AvgIpc) is 1.84. The maximum atomic E-state index is 5.93. The Morgan fingerprint density at radius 3 is 2.42 bits per heavy atom. The first-order valence-corrected chi connectivity index (χ1v) is 4.48. The van der Waals surface area contributed by atoms with Gasteiger partial charge in [-0.05, 0) is 33.2 Å². The number of nitrogens with two attached hydrogens (primary N) is 1. The minimum atomic E-state index is -0.0952. The molecule has 3 N–H and O–H groups in total. The smallest absolute Gasteiger partial charge is 0.0159 e. The molecule has 2 heteroatoms. The van der Waals surface area contributed by atoms with Gasteiger partial charge in [0.15, 0.2) is 0 Å². The van der Waals surface area contributed by atoms with Crippen LogP contribution in [0.1, 0.15) is 27.7 Å².